The van der Waals surface area contributed by atoms with Gasteiger partial charge in [-0.3, -0.25) is 9.36 Å². The van der Waals surface area contributed by atoms with E-state index < -0.39 is 0 Å². The Kier molecular flexibility index (Phi) is 3.72. The van der Waals surface area contributed by atoms with Crippen LogP contribution in [0.2, 0.25) is 0 Å². The van der Waals surface area contributed by atoms with Crippen LogP contribution < -0.4 is 10.9 Å². The van der Waals surface area contributed by atoms with Gasteiger partial charge in [0.1, 0.15) is 5.82 Å². The molecule has 0 aliphatic heterocycles. The van der Waals surface area contributed by atoms with E-state index in [0.29, 0.717) is 18.8 Å². The number of benzene rings is 1. The third-order valence-corrected chi connectivity index (χ3v) is 2.54. The number of rotatable bonds is 4. The summed E-state index contributed by atoms with van der Waals surface area (Å²) in [4.78, 5) is 15.6. The first-order valence-corrected chi connectivity index (χ1v) is 5.68. The summed E-state index contributed by atoms with van der Waals surface area (Å²) < 4.78 is 14.2. The Bertz CT molecular complexity index is 578. The topological polar surface area (TPSA) is 46.9 Å². The average Bonchev–Trinajstić information content (AvgIpc) is 2.34. The Hall–Kier alpha value is -2.17. The lowest BCUT2D eigenvalue weighted by Gasteiger charge is -2.08. The molecule has 0 aliphatic carbocycles. The standard InChI is InChI=1S/C13H14FN3O/c1-10-8-13(18)17(9-16-10)7-6-15-12-4-2-11(14)3-5-12/h2-5,8-9,15H,6-7H2,1H3. The van der Waals surface area contributed by atoms with E-state index in [-0.39, 0.29) is 11.4 Å². The predicted octanol–water partition coefficient (Wildman–Crippen LogP) is 1.80. The second-order valence-corrected chi connectivity index (χ2v) is 4.00. The van der Waals surface area contributed by atoms with E-state index in [9.17, 15) is 9.18 Å². The smallest absolute Gasteiger partial charge is 0.253 e. The van der Waals surface area contributed by atoms with Gasteiger partial charge >= 0.3 is 0 Å². The minimum absolute atomic E-state index is 0.0663. The largest absolute Gasteiger partial charge is 0.383 e. The minimum Gasteiger partial charge on any atom is -0.383 e. The zero-order valence-corrected chi connectivity index (χ0v) is 10.1. The van der Waals surface area contributed by atoms with Crippen molar-refractivity contribution in [1.82, 2.24) is 9.55 Å². The molecular formula is C13H14FN3O. The van der Waals surface area contributed by atoms with Gasteiger partial charge in [0.15, 0.2) is 0 Å². The van der Waals surface area contributed by atoms with Crippen LogP contribution in [-0.2, 0) is 6.54 Å². The monoisotopic (exact) mass is 247 g/mol. The van der Waals surface area contributed by atoms with Gasteiger partial charge in [-0.2, -0.15) is 0 Å². The Morgan fingerprint density at radius 2 is 2.06 bits per heavy atom. The summed E-state index contributed by atoms with van der Waals surface area (Å²) in [5, 5.41) is 3.11. The molecule has 4 nitrogen and oxygen atoms in total. The van der Waals surface area contributed by atoms with E-state index in [4.69, 9.17) is 0 Å². The third-order valence-electron chi connectivity index (χ3n) is 2.54. The quantitative estimate of drug-likeness (QED) is 0.896. The lowest BCUT2D eigenvalue weighted by molar-refractivity contribution is 0.628. The van der Waals surface area contributed by atoms with Crippen molar-refractivity contribution >= 4 is 5.69 Å². The molecule has 0 spiro atoms. The van der Waals surface area contributed by atoms with Crippen molar-refractivity contribution in [3.8, 4) is 0 Å². The summed E-state index contributed by atoms with van der Waals surface area (Å²) in [6.07, 6.45) is 1.53. The zero-order chi connectivity index (χ0) is 13.0. The molecule has 0 saturated heterocycles. The first kappa shape index (κ1) is 12.3. The maximum absolute atomic E-state index is 12.7. The molecule has 2 rings (SSSR count). The average molecular weight is 247 g/mol. The molecule has 0 aliphatic rings. The van der Waals surface area contributed by atoms with E-state index in [2.05, 4.69) is 10.3 Å². The van der Waals surface area contributed by atoms with E-state index >= 15 is 0 Å². The zero-order valence-electron chi connectivity index (χ0n) is 10.1. The Morgan fingerprint density at radius 3 is 2.72 bits per heavy atom. The fraction of sp³-hybridized carbons (Fsp3) is 0.231. The van der Waals surface area contributed by atoms with Gasteiger partial charge in [-0.05, 0) is 31.2 Å². The van der Waals surface area contributed by atoms with Crippen LogP contribution in [0.1, 0.15) is 5.69 Å². The first-order valence-electron chi connectivity index (χ1n) is 5.68. The Labute approximate surface area is 104 Å². The normalized spacial score (nSPS) is 10.3. The van der Waals surface area contributed by atoms with Crippen molar-refractivity contribution in [3.05, 3.63) is 58.5 Å². The number of hydrogen-bond acceptors (Lipinski definition) is 3. The third kappa shape index (κ3) is 3.16. The van der Waals surface area contributed by atoms with Crippen molar-refractivity contribution in [3.63, 3.8) is 0 Å². The molecule has 1 aromatic heterocycles. The van der Waals surface area contributed by atoms with E-state index in [1.165, 1.54) is 29.1 Å². The molecule has 0 bridgehead atoms. The number of anilines is 1. The molecular weight excluding hydrogens is 233 g/mol. The van der Waals surface area contributed by atoms with Gasteiger partial charge in [0.05, 0.1) is 6.33 Å². The maximum Gasteiger partial charge on any atom is 0.253 e. The summed E-state index contributed by atoms with van der Waals surface area (Å²) >= 11 is 0. The molecule has 0 radical (unpaired) electrons. The highest BCUT2D eigenvalue weighted by Crippen LogP contribution is 2.07. The van der Waals surface area contributed by atoms with Gasteiger partial charge < -0.3 is 5.32 Å². The summed E-state index contributed by atoms with van der Waals surface area (Å²) in [5.74, 6) is -0.264. The summed E-state index contributed by atoms with van der Waals surface area (Å²) in [6.45, 7) is 2.88. The molecule has 1 N–H and O–H groups in total. The molecule has 18 heavy (non-hydrogen) atoms. The molecule has 0 fully saturated rings. The SMILES string of the molecule is Cc1cc(=O)n(CCNc2ccc(F)cc2)cn1. The van der Waals surface area contributed by atoms with Crippen LogP contribution in [0, 0.1) is 12.7 Å². The molecule has 0 saturated carbocycles. The van der Waals surface area contributed by atoms with Gasteiger partial charge in [0.2, 0.25) is 0 Å². The van der Waals surface area contributed by atoms with Crippen molar-refractivity contribution < 1.29 is 4.39 Å². The van der Waals surface area contributed by atoms with Crippen LogP contribution in [0.15, 0.2) is 41.5 Å². The molecule has 1 heterocycles. The second-order valence-electron chi connectivity index (χ2n) is 4.00. The number of aryl methyl sites for hydroxylation is 1. The number of halogens is 1. The second kappa shape index (κ2) is 5.44. The van der Waals surface area contributed by atoms with Crippen molar-refractivity contribution in [2.24, 2.45) is 0 Å². The molecule has 0 amide bonds. The maximum atomic E-state index is 12.7. The van der Waals surface area contributed by atoms with Crippen LogP contribution in [0.25, 0.3) is 0 Å². The van der Waals surface area contributed by atoms with Crippen LogP contribution >= 0.6 is 0 Å². The Morgan fingerprint density at radius 1 is 1.33 bits per heavy atom. The number of nitrogens with zero attached hydrogens (tertiary/aromatic N) is 2. The van der Waals surface area contributed by atoms with Gasteiger partial charge in [-0.1, -0.05) is 0 Å². The summed E-state index contributed by atoms with van der Waals surface area (Å²) in [5.41, 5.74) is 1.47. The number of aromatic nitrogens is 2. The predicted molar refractivity (Wildman–Crippen MR) is 68.1 cm³/mol. The molecule has 5 heteroatoms. The highest BCUT2D eigenvalue weighted by Gasteiger charge is 1.97. The van der Waals surface area contributed by atoms with Crippen molar-refractivity contribution in [1.29, 1.82) is 0 Å². The summed E-state index contributed by atoms with van der Waals surface area (Å²) in [7, 11) is 0. The number of nitrogens with one attached hydrogen (secondary N) is 1. The lowest BCUT2D eigenvalue weighted by atomic mass is 10.3. The Balaban J connectivity index is 1.92. The fourth-order valence-corrected chi connectivity index (χ4v) is 1.57. The molecule has 1 aromatic carbocycles. The van der Waals surface area contributed by atoms with Crippen LogP contribution in [-0.4, -0.2) is 16.1 Å². The van der Waals surface area contributed by atoms with Crippen LogP contribution in [0.4, 0.5) is 10.1 Å². The highest BCUT2D eigenvalue weighted by molar-refractivity contribution is 5.42. The van der Waals surface area contributed by atoms with Crippen LogP contribution in [0.3, 0.4) is 0 Å². The fourth-order valence-electron chi connectivity index (χ4n) is 1.57. The van der Waals surface area contributed by atoms with E-state index in [1.54, 1.807) is 19.1 Å². The molecule has 2 aromatic rings. The molecule has 94 valence electrons. The van der Waals surface area contributed by atoms with E-state index in [1.807, 2.05) is 0 Å². The van der Waals surface area contributed by atoms with Crippen molar-refractivity contribution in [2.75, 3.05) is 11.9 Å². The number of hydrogen-bond donors (Lipinski definition) is 1. The lowest BCUT2D eigenvalue weighted by Crippen LogP contribution is -2.23. The highest BCUT2D eigenvalue weighted by atomic mass is 19.1. The van der Waals surface area contributed by atoms with Crippen LogP contribution in [0.5, 0.6) is 0 Å². The first-order chi connectivity index (χ1) is 8.65. The van der Waals surface area contributed by atoms with Gasteiger partial charge in [-0.25, -0.2) is 9.37 Å². The van der Waals surface area contributed by atoms with Gasteiger partial charge in [0.25, 0.3) is 5.56 Å². The van der Waals surface area contributed by atoms with Crippen molar-refractivity contribution in [2.45, 2.75) is 13.5 Å². The van der Waals surface area contributed by atoms with Gasteiger partial charge in [0, 0.05) is 30.5 Å². The summed E-state index contributed by atoms with van der Waals surface area (Å²) in [6, 6.07) is 7.60. The minimum atomic E-state index is -0.264. The molecule has 0 unspecified atom stereocenters. The van der Waals surface area contributed by atoms with E-state index in [0.717, 1.165) is 5.69 Å². The molecule has 0 atom stereocenters. The van der Waals surface area contributed by atoms with Gasteiger partial charge in [-0.15, -0.1) is 0 Å².